The zero-order valence-electron chi connectivity index (χ0n) is 73.3. The third kappa shape index (κ3) is 22.8. The lowest BCUT2D eigenvalue weighted by Gasteiger charge is -2.37. The molecule has 2 saturated heterocycles. The highest BCUT2D eigenvalue weighted by Gasteiger charge is 2.50. The molecule has 6 aliphatic heterocycles. The largest absolute Gasteiger partial charge is 0.487 e. The molecule has 12 bridgehead atoms. The van der Waals surface area contributed by atoms with E-state index in [9.17, 15) is 28.8 Å². The van der Waals surface area contributed by atoms with Gasteiger partial charge in [-0.15, -0.1) is 5.10 Å². The molecule has 12 atom stereocenters. The Labute approximate surface area is 719 Å². The predicted octanol–water partition coefficient (Wildman–Crippen LogP) is 8.10. The van der Waals surface area contributed by atoms with Gasteiger partial charge >= 0.3 is 24.1 Å². The van der Waals surface area contributed by atoms with Gasteiger partial charge in [0.05, 0.1) is 38.7 Å². The van der Waals surface area contributed by atoms with E-state index in [1.54, 1.807) is 114 Å². The van der Waals surface area contributed by atoms with Crippen LogP contribution in [0.1, 0.15) is 156 Å². The number of fused-ring (bicyclic) bond motifs is 2. The summed E-state index contributed by atoms with van der Waals surface area (Å²) >= 11 is 0. The van der Waals surface area contributed by atoms with Gasteiger partial charge in [-0.3, -0.25) is 48.2 Å². The van der Waals surface area contributed by atoms with E-state index in [-0.39, 0.29) is 69.0 Å². The van der Waals surface area contributed by atoms with Crippen LogP contribution >= 0.6 is 0 Å². The second-order valence-corrected chi connectivity index (χ2v) is 35.9. The molecule has 34 nitrogen and oxygen atoms in total. The molecule has 8 aromatic rings. The van der Waals surface area contributed by atoms with E-state index in [4.69, 9.17) is 28.4 Å². The van der Waals surface area contributed by atoms with Crippen molar-refractivity contribution in [2.75, 3.05) is 41.4 Å². The molecular weight excluding hydrogens is 1590 g/mol. The molecule has 0 aliphatic carbocycles. The minimum absolute atomic E-state index is 0.0670. The smallest absolute Gasteiger partial charge is 0.410 e. The maximum atomic E-state index is 15.7. The van der Waals surface area contributed by atoms with Crippen LogP contribution in [-0.2, 0) is 92.8 Å². The van der Waals surface area contributed by atoms with Gasteiger partial charge in [0.1, 0.15) is 89.4 Å². The molecule has 8 heterocycles. The van der Waals surface area contributed by atoms with E-state index in [0.29, 0.717) is 28.1 Å². The Morgan fingerprint density at radius 1 is 0.516 bits per heavy atom. The lowest BCUT2D eigenvalue weighted by atomic mass is 9.85. The molecule has 6 aromatic carbocycles. The first kappa shape index (κ1) is 91.7. The highest BCUT2D eigenvalue weighted by molar-refractivity contribution is 5.99. The second-order valence-electron chi connectivity index (χ2n) is 35.9. The van der Waals surface area contributed by atoms with Gasteiger partial charge in [-0.2, -0.15) is 0 Å². The molecule has 10 amide bonds. The number of amides is 10. The number of methoxy groups -OCH3 is 2. The summed E-state index contributed by atoms with van der Waals surface area (Å²) in [5, 5.41) is 38.4. The molecule has 34 heteroatoms. The summed E-state index contributed by atoms with van der Waals surface area (Å²) in [6.45, 7) is 22.9. The van der Waals surface area contributed by atoms with Crippen molar-refractivity contribution >= 4 is 92.9 Å². The van der Waals surface area contributed by atoms with E-state index < -0.39 is 166 Å². The molecule has 14 rings (SSSR count). The predicted molar refractivity (Wildman–Crippen MR) is 455 cm³/mol. The number of ether oxygens (including phenoxy) is 6. The summed E-state index contributed by atoms with van der Waals surface area (Å²) in [6, 6.07) is 23.9. The number of nitrogens with zero attached hydrogens (tertiary/aromatic N) is 10. The monoisotopic (exact) mass is 1700 g/mol. The fourth-order valence-corrected chi connectivity index (χ4v) is 14.9. The lowest BCUT2D eigenvalue weighted by Crippen LogP contribution is -2.61. The molecule has 6 N–H and O–H groups in total. The van der Waals surface area contributed by atoms with Gasteiger partial charge in [0.25, 0.3) is 5.88 Å². The minimum atomic E-state index is -1.52. The van der Waals surface area contributed by atoms with Crippen LogP contribution in [0.15, 0.2) is 146 Å². The van der Waals surface area contributed by atoms with Crippen LogP contribution in [-0.4, -0.2) is 228 Å². The highest BCUT2D eigenvalue weighted by atomic mass is 16.6. The highest BCUT2D eigenvalue weighted by Crippen LogP contribution is 2.36. The fourth-order valence-electron chi connectivity index (χ4n) is 14.9. The molecule has 2 fully saturated rings. The fraction of sp³-hybridized carbons (Fsp3) is 0.467. The van der Waals surface area contributed by atoms with Crippen molar-refractivity contribution in [3.63, 3.8) is 0 Å². The van der Waals surface area contributed by atoms with Gasteiger partial charge in [0.2, 0.25) is 47.3 Å². The van der Waals surface area contributed by atoms with Gasteiger partial charge < -0.3 is 70.1 Å². The van der Waals surface area contributed by atoms with Crippen LogP contribution < -0.4 is 41.4 Å². The number of carbonyl (C=O) groups excluding carboxylic acids is 12. The Morgan fingerprint density at radius 2 is 0.952 bits per heavy atom. The summed E-state index contributed by atoms with van der Waals surface area (Å²) in [6.07, 6.45) is 0.865. The van der Waals surface area contributed by atoms with E-state index in [2.05, 4.69) is 52.5 Å². The van der Waals surface area contributed by atoms with E-state index in [0.717, 1.165) is 38.5 Å². The van der Waals surface area contributed by atoms with Gasteiger partial charge in [-0.1, -0.05) is 166 Å². The van der Waals surface area contributed by atoms with Crippen LogP contribution in [0.4, 0.5) is 9.59 Å². The zero-order valence-corrected chi connectivity index (χ0v) is 73.3. The van der Waals surface area contributed by atoms with Gasteiger partial charge in [-0.25, -0.2) is 28.5 Å². The summed E-state index contributed by atoms with van der Waals surface area (Å²) in [4.78, 5) is 181. The summed E-state index contributed by atoms with van der Waals surface area (Å²) in [5.74, 6) is -7.24. The van der Waals surface area contributed by atoms with E-state index >= 15 is 28.8 Å². The third-order valence-corrected chi connectivity index (χ3v) is 22.1. The number of aromatic nitrogens is 6. The van der Waals surface area contributed by atoms with Gasteiger partial charge in [-0.05, 0) is 134 Å². The Balaban J connectivity index is 0.960. The maximum Gasteiger partial charge on any atom is 0.410 e. The van der Waals surface area contributed by atoms with Crippen LogP contribution in [0.2, 0.25) is 0 Å². The van der Waals surface area contributed by atoms with Crippen LogP contribution in [0, 0.1) is 10.8 Å². The Kier molecular flexibility index (Phi) is 28.2. The number of likely N-dealkylation sites (N-methyl/N-ethyl adjacent to an activating group) is 2. The number of hydrogen-bond acceptors (Lipinski definition) is 22. The standard InChI is InChI=1S/C90H112N16O18/c1-51(101(15)85(117)123-89(9,10)11)75(107)95-73(87(3,4)5)81(113)103-47-62-44-69(103)80(112)92-67(43-55-28-32-57-24-20-22-26-60(57)40-55)78(110)94-72(84(116)120-18)58-33-37-65(38-34-58)122-71-49-106(100-98-71)63-45-70(104(48-63)82(114)74(88(6,7)8)96-76(108)52(2)102(16)86(118)124-90(12,13)14)79(111)91-66(42-54-27-31-56-23-19-21-25-59(56)39-54)77(109)93-68(83(115)119-17)41-53-29-35-64(36-30-53)121-50-61-46-105(62)99-97-61/h19-40,46,49,51-52,62-63,66-70,72-74H,41-45,47-48,50H2,1-18H3,(H,91,111)(H,92,112)(H,93,109)(H,94,110)(H,95,107)(H,96,108)/t51-,52-,62-,63-,66?,67-,68-,69-,70-,72-,73+,74+/m0/s1. The topological polar surface area (TPSA) is 407 Å². The van der Waals surface area contributed by atoms with E-state index in [1.807, 2.05) is 84.9 Å². The molecule has 0 spiro atoms. The maximum absolute atomic E-state index is 15.7. The van der Waals surface area contributed by atoms with Crippen LogP contribution in [0.3, 0.4) is 0 Å². The number of esters is 2. The van der Waals surface area contributed by atoms with Crippen molar-refractivity contribution in [1.82, 2.24) is 81.5 Å². The number of benzene rings is 6. The Bertz CT molecular complexity index is 5280. The van der Waals surface area contributed by atoms with Crippen LogP contribution in [0.5, 0.6) is 17.4 Å². The quantitative estimate of drug-likeness (QED) is 0.0442. The first-order valence-electron chi connectivity index (χ1n) is 41.2. The average molecular weight is 1710 g/mol. The van der Waals surface area contributed by atoms with Gasteiger partial charge in [0, 0.05) is 59.3 Å². The molecule has 6 aliphatic rings. The van der Waals surface area contributed by atoms with Crippen molar-refractivity contribution in [1.29, 1.82) is 0 Å². The zero-order chi connectivity index (χ0) is 90.2. The summed E-state index contributed by atoms with van der Waals surface area (Å²) in [7, 11) is 5.12. The van der Waals surface area contributed by atoms with Crippen molar-refractivity contribution in [3.05, 3.63) is 174 Å². The average Bonchev–Trinajstić information content (AvgIpc) is 1.63. The number of nitrogens with one attached hydrogen (secondary N) is 6. The van der Waals surface area contributed by atoms with Crippen molar-refractivity contribution in [3.8, 4) is 17.4 Å². The number of carbonyl (C=O) groups is 12. The van der Waals surface area contributed by atoms with Gasteiger partial charge in [0.15, 0.2) is 6.04 Å². The molecule has 1 unspecified atom stereocenters. The molecule has 2 aromatic heterocycles. The lowest BCUT2D eigenvalue weighted by molar-refractivity contribution is -0.146. The normalized spacial score (nSPS) is 20.4. The van der Waals surface area contributed by atoms with Crippen molar-refractivity contribution in [2.45, 2.75) is 219 Å². The van der Waals surface area contributed by atoms with E-state index in [1.165, 1.54) is 84.7 Å². The minimum Gasteiger partial charge on any atom is -0.487 e. The molecule has 0 radical (unpaired) electrons. The van der Waals surface area contributed by atoms with Crippen LogP contribution in [0.25, 0.3) is 21.5 Å². The summed E-state index contributed by atoms with van der Waals surface area (Å²) < 4.78 is 37.2. The summed E-state index contributed by atoms with van der Waals surface area (Å²) in [5.41, 5.74) is -1.57. The number of hydrogen-bond donors (Lipinski definition) is 6. The molecule has 660 valence electrons. The van der Waals surface area contributed by atoms with Crippen molar-refractivity contribution < 1.29 is 86.0 Å². The van der Waals surface area contributed by atoms with Crippen molar-refractivity contribution in [2.24, 2.45) is 10.8 Å². The number of rotatable bonds is 14. The molecule has 124 heavy (non-hydrogen) atoms. The molecule has 0 saturated carbocycles. The first-order valence-corrected chi connectivity index (χ1v) is 41.2. The third-order valence-electron chi connectivity index (χ3n) is 22.1. The second kappa shape index (κ2) is 38.2. The first-order chi connectivity index (χ1) is 58.4. The SMILES string of the molecule is COC(=O)[C@@H]1Cc2ccc(cc2)OCc2cn(nn2)[C@H]2C[C@@H](C(=O)N[C@@H](Cc3ccc4ccccc4c3)C(=O)N[C@H](C(=O)OC)c3ccc(cc3)Oc3cn(nn3)[C@H]3C[C@@H](C(=O)NC(Cc4ccc5ccccc5c4)C(=O)N1)N(C(=O)[C@@H](NC(=O)[C@H](C)N(C)C(=O)OC(C)(C)C)C(C)(C)C)C3)N(C(=O)[C@@H](NC(=O)[C@H](C)N(C)C(=O)OC(C)(C)C)C(C)(C)C)C2. The Morgan fingerprint density at radius 3 is 1.40 bits per heavy atom. The molecular formula is C90H112N16O18. The Hall–Kier alpha value is -13.0. The number of likely N-dealkylation sites (tertiary alicyclic amines) is 2.